The molecule has 0 bridgehead atoms. The first-order valence-corrected chi connectivity index (χ1v) is 10.7. The molecule has 146 valence electrons. The third-order valence-corrected chi connectivity index (χ3v) is 6.06. The SMILES string of the molecule is O=C(Cc1csc(-c2ccco2)n1)NC1CCN(Cc2ccc(Cl)cc2)CC1. The number of piperidine rings is 1. The van der Waals surface area contributed by atoms with Crippen molar-refractivity contribution in [2.24, 2.45) is 0 Å². The van der Waals surface area contributed by atoms with E-state index in [0.29, 0.717) is 6.42 Å². The van der Waals surface area contributed by atoms with E-state index in [0.717, 1.165) is 54.0 Å². The Morgan fingerprint density at radius 1 is 1.25 bits per heavy atom. The molecule has 0 spiro atoms. The Bertz CT molecular complexity index is 900. The van der Waals surface area contributed by atoms with Gasteiger partial charge in [0.15, 0.2) is 10.8 Å². The monoisotopic (exact) mass is 415 g/mol. The van der Waals surface area contributed by atoms with Gasteiger partial charge in [-0.15, -0.1) is 11.3 Å². The topological polar surface area (TPSA) is 58.4 Å². The number of furan rings is 1. The molecule has 0 radical (unpaired) electrons. The van der Waals surface area contributed by atoms with Crippen molar-refractivity contribution >= 4 is 28.8 Å². The van der Waals surface area contributed by atoms with Gasteiger partial charge in [0.05, 0.1) is 18.4 Å². The fourth-order valence-corrected chi connectivity index (χ4v) is 4.34. The van der Waals surface area contributed by atoms with Crippen molar-refractivity contribution in [3.63, 3.8) is 0 Å². The first-order valence-electron chi connectivity index (χ1n) is 9.40. The molecule has 5 nitrogen and oxygen atoms in total. The number of carbonyl (C=O) groups excluding carboxylic acids is 1. The lowest BCUT2D eigenvalue weighted by Gasteiger charge is -2.32. The van der Waals surface area contributed by atoms with Gasteiger partial charge in [-0.05, 0) is 42.7 Å². The number of amides is 1. The maximum absolute atomic E-state index is 12.4. The van der Waals surface area contributed by atoms with E-state index in [-0.39, 0.29) is 11.9 Å². The number of hydrogen-bond donors (Lipinski definition) is 1. The normalized spacial score (nSPS) is 15.6. The number of benzene rings is 1. The molecular weight excluding hydrogens is 394 g/mol. The highest BCUT2D eigenvalue weighted by Gasteiger charge is 2.21. The largest absolute Gasteiger partial charge is 0.462 e. The van der Waals surface area contributed by atoms with Gasteiger partial charge in [-0.1, -0.05) is 23.7 Å². The summed E-state index contributed by atoms with van der Waals surface area (Å²) in [6.45, 7) is 2.88. The molecule has 0 aliphatic carbocycles. The van der Waals surface area contributed by atoms with Gasteiger partial charge >= 0.3 is 0 Å². The van der Waals surface area contributed by atoms with Gasteiger partial charge in [-0.25, -0.2) is 4.98 Å². The van der Waals surface area contributed by atoms with E-state index >= 15 is 0 Å². The standard InChI is InChI=1S/C21H22ClN3O2S/c22-16-5-3-15(4-6-16)13-25-9-7-17(8-10-25)23-20(26)12-18-14-28-21(24-18)19-2-1-11-27-19/h1-6,11,14,17H,7-10,12-13H2,(H,23,26). The van der Waals surface area contributed by atoms with Gasteiger partial charge in [-0.2, -0.15) is 0 Å². The maximum atomic E-state index is 12.4. The molecule has 1 saturated heterocycles. The van der Waals surface area contributed by atoms with Crippen LogP contribution in [0.4, 0.5) is 0 Å². The summed E-state index contributed by atoms with van der Waals surface area (Å²) >= 11 is 7.44. The first-order chi connectivity index (χ1) is 13.7. The van der Waals surface area contributed by atoms with Gasteiger partial charge in [-0.3, -0.25) is 9.69 Å². The second-order valence-corrected chi connectivity index (χ2v) is 8.34. The molecule has 1 fully saturated rings. The average molecular weight is 416 g/mol. The molecule has 1 N–H and O–H groups in total. The van der Waals surface area contributed by atoms with Gasteiger partial charge in [0.25, 0.3) is 0 Å². The number of likely N-dealkylation sites (tertiary alicyclic amines) is 1. The Hall–Kier alpha value is -2.15. The number of nitrogens with zero attached hydrogens (tertiary/aromatic N) is 2. The van der Waals surface area contributed by atoms with Crippen molar-refractivity contribution in [3.8, 4) is 10.8 Å². The van der Waals surface area contributed by atoms with E-state index < -0.39 is 0 Å². The van der Waals surface area contributed by atoms with Crippen LogP contribution < -0.4 is 5.32 Å². The van der Waals surface area contributed by atoms with E-state index in [4.69, 9.17) is 16.0 Å². The number of aromatic nitrogens is 1. The van der Waals surface area contributed by atoms with Crippen molar-refractivity contribution in [2.45, 2.75) is 31.8 Å². The number of thiazole rings is 1. The summed E-state index contributed by atoms with van der Waals surface area (Å²) in [6.07, 6.45) is 3.87. The van der Waals surface area contributed by atoms with E-state index in [1.54, 1.807) is 6.26 Å². The Kier molecular flexibility index (Phi) is 6.10. The van der Waals surface area contributed by atoms with Crippen molar-refractivity contribution < 1.29 is 9.21 Å². The molecule has 2 aromatic heterocycles. The van der Waals surface area contributed by atoms with Crippen molar-refractivity contribution in [1.29, 1.82) is 0 Å². The van der Waals surface area contributed by atoms with Crippen molar-refractivity contribution in [1.82, 2.24) is 15.2 Å². The lowest BCUT2D eigenvalue weighted by Crippen LogP contribution is -2.44. The van der Waals surface area contributed by atoms with Gasteiger partial charge in [0.2, 0.25) is 5.91 Å². The minimum atomic E-state index is 0.0347. The molecule has 0 atom stereocenters. The first kappa shape index (κ1) is 19.2. The van der Waals surface area contributed by atoms with E-state index in [1.807, 2.05) is 29.6 Å². The van der Waals surface area contributed by atoms with Crippen LogP contribution in [0.5, 0.6) is 0 Å². The predicted molar refractivity (Wildman–Crippen MR) is 111 cm³/mol. The Labute approximate surface area is 173 Å². The van der Waals surface area contributed by atoms with Crippen LogP contribution in [0.25, 0.3) is 10.8 Å². The molecule has 4 rings (SSSR count). The van der Waals surface area contributed by atoms with E-state index in [9.17, 15) is 4.79 Å². The van der Waals surface area contributed by atoms with Crippen LogP contribution in [0.15, 0.2) is 52.5 Å². The highest BCUT2D eigenvalue weighted by molar-refractivity contribution is 7.13. The molecule has 0 unspecified atom stereocenters. The van der Waals surface area contributed by atoms with Gasteiger partial charge in [0, 0.05) is 36.1 Å². The fraction of sp³-hybridized carbons (Fsp3) is 0.333. The van der Waals surface area contributed by atoms with Crippen LogP contribution in [0.2, 0.25) is 5.02 Å². The van der Waals surface area contributed by atoms with Crippen LogP contribution in [0, 0.1) is 0 Å². The Morgan fingerprint density at radius 2 is 2.04 bits per heavy atom. The minimum absolute atomic E-state index is 0.0347. The second-order valence-electron chi connectivity index (χ2n) is 7.04. The summed E-state index contributed by atoms with van der Waals surface area (Å²) < 4.78 is 5.35. The Morgan fingerprint density at radius 3 is 2.75 bits per heavy atom. The van der Waals surface area contributed by atoms with Gasteiger partial charge in [0.1, 0.15) is 0 Å². The van der Waals surface area contributed by atoms with Crippen molar-refractivity contribution in [3.05, 3.63) is 64.3 Å². The third-order valence-electron chi connectivity index (χ3n) is 4.90. The summed E-state index contributed by atoms with van der Waals surface area (Å²) in [7, 11) is 0. The number of halogens is 1. The third kappa shape index (κ3) is 5.01. The minimum Gasteiger partial charge on any atom is -0.462 e. The molecule has 7 heteroatoms. The zero-order chi connectivity index (χ0) is 19.3. The molecule has 3 aromatic rings. The summed E-state index contributed by atoms with van der Waals surface area (Å²) in [4.78, 5) is 19.3. The van der Waals surface area contributed by atoms with Crippen molar-refractivity contribution in [2.75, 3.05) is 13.1 Å². The second kappa shape index (κ2) is 8.90. The molecule has 1 amide bonds. The van der Waals surface area contributed by atoms with E-state index in [2.05, 4.69) is 27.3 Å². The number of nitrogens with one attached hydrogen (secondary N) is 1. The predicted octanol–water partition coefficient (Wildman–Crippen LogP) is 4.38. The molecule has 3 heterocycles. The van der Waals surface area contributed by atoms with Crippen LogP contribution in [-0.2, 0) is 17.8 Å². The van der Waals surface area contributed by atoms with Crippen LogP contribution in [0.3, 0.4) is 0 Å². The molecule has 1 aromatic carbocycles. The fourth-order valence-electron chi connectivity index (χ4n) is 3.43. The molecular formula is C21H22ClN3O2S. The number of rotatable bonds is 6. The molecule has 0 saturated carbocycles. The summed E-state index contributed by atoms with van der Waals surface area (Å²) in [6, 6.07) is 11.9. The average Bonchev–Trinajstić information content (AvgIpc) is 3.37. The maximum Gasteiger partial charge on any atom is 0.226 e. The molecule has 28 heavy (non-hydrogen) atoms. The highest BCUT2D eigenvalue weighted by Crippen LogP contribution is 2.24. The summed E-state index contributed by atoms with van der Waals surface area (Å²) in [5.74, 6) is 0.775. The quantitative estimate of drug-likeness (QED) is 0.649. The lowest BCUT2D eigenvalue weighted by molar-refractivity contribution is -0.121. The smallest absolute Gasteiger partial charge is 0.226 e. The molecule has 1 aliphatic heterocycles. The lowest BCUT2D eigenvalue weighted by atomic mass is 10.0. The van der Waals surface area contributed by atoms with Gasteiger partial charge < -0.3 is 9.73 Å². The zero-order valence-corrected chi connectivity index (χ0v) is 17.0. The van der Waals surface area contributed by atoms with Crippen LogP contribution in [-0.4, -0.2) is 34.9 Å². The number of carbonyl (C=O) groups is 1. The van der Waals surface area contributed by atoms with E-state index in [1.165, 1.54) is 16.9 Å². The van der Waals surface area contributed by atoms with Crippen LogP contribution >= 0.6 is 22.9 Å². The van der Waals surface area contributed by atoms with Crippen LogP contribution in [0.1, 0.15) is 24.1 Å². The molecule has 1 aliphatic rings. The summed E-state index contributed by atoms with van der Waals surface area (Å²) in [5.41, 5.74) is 2.05. The highest BCUT2D eigenvalue weighted by atomic mass is 35.5. The Balaban J connectivity index is 1.22. The summed E-state index contributed by atoms with van der Waals surface area (Å²) in [5, 5.41) is 6.66. The zero-order valence-electron chi connectivity index (χ0n) is 15.4. The number of hydrogen-bond acceptors (Lipinski definition) is 5.